The second kappa shape index (κ2) is 6.65. The van der Waals surface area contributed by atoms with Gasteiger partial charge in [-0.1, -0.05) is 42.0 Å². The van der Waals surface area contributed by atoms with E-state index in [1.807, 2.05) is 25.1 Å². The Morgan fingerprint density at radius 2 is 1.79 bits per heavy atom. The molecule has 0 fully saturated rings. The van der Waals surface area contributed by atoms with Crippen LogP contribution in [0.1, 0.15) is 30.5 Å². The van der Waals surface area contributed by atoms with Crippen molar-refractivity contribution in [2.24, 2.45) is 0 Å². The first-order valence-electron chi connectivity index (χ1n) is 7.50. The predicted molar refractivity (Wildman–Crippen MR) is 94.5 cm³/mol. The van der Waals surface area contributed by atoms with Crippen LogP contribution >= 0.6 is 0 Å². The van der Waals surface area contributed by atoms with Crippen molar-refractivity contribution in [3.8, 4) is 0 Å². The molecular weight excluding hydrogens is 326 g/mol. The first kappa shape index (κ1) is 18.0. The molecule has 0 heterocycles. The van der Waals surface area contributed by atoms with Crippen LogP contribution in [-0.2, 0) is 26.0 Å². The summed E-state index contributed by atoms with van der Waals surface area (Å²) in [5, 5.41) is 9.30. The highest BCUT2D eigenvalue weighted by molar-refractivity contribution is 7.91. The van der Waals surface area contributed by atoms with Crippen LogP contribution in [0.25, 0.3) is 0 Å². The zero-order valence-corrected chi connectivity index (χ0v) is 14.7. The Balaban J connectivity index is 2.23. The Kier molecular flexibility index (Phi) is 4.99. The Bertz CT molecular complexity index is 857. The Labute approximate surface area is 142 Å². The molecule has 0 amide bonds. The smallest absolute Gasteiger partial charge is 0.313 e. The lowest BCUT2D eigenvalue weighted by atomic mass is 9.85. The number of aliphatic carboxylic acids is 1. The zero-order valence-electron chi connectivity index (χ0n) is 13.9. The first-order valence-corrected chi connectivity index (χ1v) is 9.15. The molecule has 2 aromatic rings. The molecule has 0 radical (unpaired) electrons. The molecule has 128 valence electrons. The third kappa shape index (κ3) is 4.35. The van der Waals surface area contributed by atoms with Crippen molar-refractivity contribution in [2.45, 2.75) is 31.9 Å². The number of carboxylic acids is 1. The van der Waals surface area contributed by atoms with Gasteiger partial charge in [0.15, 0.2) is 0 Å². The number of rotatable bonds is 6. The van der Waals surface area contributed by atoms with E-state index in [-0.39, 0.29) is 5.75 Å². The average Bonchev–Trinajstić information content (AvgIpc) is 2.46. The van der Waals surface area contributed by atoms with Crippen LogP contribution in [0.5, 0.6) is 0 Å². The molecule has 0 bridgehead atoms. The van der Waals surface area contributed by atoms with Crippen molar-refractivity contribution in [1.29, 1.82) is 0 Å². The van der Waals surface area contributed by atoms with E-state index in [2.05, 4.69) is 4.72 Å². The summed E-state index contributed by atoms with van der Waals surface area (Å²) in [7, 11) is -3.58. The predicted octanol–water partition coefficient (Wildman–Crippen LogP) is 3.30. The number of carboxylic acid groups (broad SMARTS) is 1. The molecule has 0 atom stereocenters. The van der Waals surface area contributed by atoms with E-state index in [1.165, 1.54) is 0 Å². The van der Waals surface area contributed by atoms with Gasteiger partial charge in [-0.05, 0) is 44.0 Å². The van der Waals surface area contributed by atoms with Gasteiger partial charge in [0.25, 0.3) is 0 Å². The van der Waals surface area contributed by atoms with Gasteiger partial charge < -0.3 is 5.11 Å². The van der Waals surface area contributed by atoms with Crippen molar-refractivity contribution < 1.29 is 18.3 Å². The van der Waals surface area contributed by atoms with Crippen LogP contribution in [-0.4, -0.2) is 19.5 Å². The number of nitrogens with one attached hydrogen (secondary N) is 1. The van der Waals surface area contributed by atoms with Gasteiger partial charge in [-0.3, -0.25) is 9.52 Å². The van der Waals surface area contributed by atoms with Crippen molar-refractivity contribution in [2.75, 3.05) is 4.72 Å². The second-order valence-corrected chi connectivity index (χ2v) is 8.08. The van der Waals surface area contributed by atoms with Crippen LogP contribution in [0.4, 0.5) is 5.69 Å². The molecule has 24 heavy (non-hydrogen) atoms. The lowest BCUT2D eigenvalue weighted by Crippen LogP contribution is -2.28. The number of benzene rings is 2. The maximum Gasteiger partial charge on any atom is 0.313 e. The van der Waals surface area contributed by atoms with Gasteiger partial charge in [0, 0.05) is 5.69 Å². The van der Waals surface area contributed by atoms with Gasteiger partial charge in [0.1, 0.15) is 0 Å². The minimum atomic E-state index is -3.58. The molecule has 0 saturated carbocycles. The molecule has 0 aliphatic carbocycles. The highest BCUT2D eigenvalue weighted by Gasteiger charge is 2.29. The third-order valence-electron chi connectivity index (χ3n) is 3.83. The number of hydrogen-bond donors (Lipinski definition) is 2. The number of aryl methyl sites for hydroxylation is 1. The van der Waals surface area contributed by atoms with Crippen LogP contribution in [0.3, 0.4) is 0 Å². The summed E-state index contributed by atoms with van der Waals surface area (Å²) in [4.78, 5) is 11.4. The minimum absolute atomic E-state index is 0.138. The molecular formula is C18H21NO4S. The molecule has 0 aromatic heterocycles. The monoisotopic (exact) mass is 347 g/mol. The summed E-state index contributed by atoms with van der Waals surface area (Å²) in [5.74, 6) is -1.11. The molecule has 0 spiro atoms. The van der Waals surface area contributed by atoms with Gasteiger partial charge in [0.05, 0.1) is 11.2 Å². The summed E-state index contributed by atoms with van der Waals surface area (Å²) in [6, 6.07) is 13.8. The van der Waals surface area contributed by atoms with Crippen LogP contribution in [0.2, 0.25) is 0 Å². The van der Waals surface area contributed by atoms with E-state index in [4.69, 9.17) is 0 Å². The molecule has 2 aromatic carbocycles. The summed E-state index contributed by atoms with van der Waals surface area (Å²) < 4.78 is 27.2. The van der Waals surface area contributed by atoms with E-state index in [1.54, 1.807) is 44.2 Å². The van der Waals surface area contributed by atoms with Crippen molar-refractivity contribution in [1.82, 2.24) is 0 Å². The zero-order chi connectivity index (χ0) is 18.0. The van der Waals surface area contributed by atoms with Crippen LogP contribution < -0.4 is 4.72 Å². The van der Waals surface area contributed by atoms with Gasteiger partial charge in [-0.25, -0.2) is 8.42 Å². The topological polar surface area (TPSA) is 83.5 Å². The fourth-order valence-corrected chi connectivity index (χ4v) is 3.51. The van der Waals surface area contributed by atoms with Gasteiger partial charge in [-0.2, -0.15) is 0 Å². The summed E-state index contributed by atoms with van der Waals surface area (Å²) in [6.45, 7) is 5.06. The van der Waals surface area contributed by atoms with E-state index >= 15 is 0 Å². The van der Waals surface area contributed by atoms with E-state index < -0.39 is 21.4 Å². The molecule has 0 aliphatic rings. The second-order valence-electron chi connectivity index (χ2n) is 6.36. The normalized spacial score (nSPS) is 12.0. The lowest BCUT2D eigenvalue weighted by Gasteiger charge is -2.20. The van der Waals surface area contributed by atoms with Gasteiger partial charge in [-0.15, -0.1) is 0 Å². The van der Waals surface area contributed by atoms with Crippen LogP contribution in [0, 0.1) is 6.92 Å². The third-order valence-corrected chi connectivity index (χ3v) is 5.09. The Morgan fingerprint density at radius 1 is 1.12 bits per heavy atom. The van der Waals surface area contributed by atoms with Crippen molar-refractivity contribution in [3.63, 3.8) is 0 Å². The van der Waals surface area contributed by atoms with Gasteiger partial charge >= 0.3 is 5.97 Å². The maximum atomic E-state index is 12.3. The minimum Gasteiger partial charge on any atom is -0.481 e. The summed E-state index contributed by atoms with van der Waals surface area (Å²) >= 11 is 0. The number of hydrogen-bond acceptors (Lipinski definition) is 3. The summed E-state index contributed by atoms with van der Waals surface area (Å²) in [5.41, 5.74) is 1.48. The van der Waals surface area contributed by atoms with E-state index in [9.17, 15) is 18.3 Å². The molecule has 2 N–H and O–H groups in total. The molecule has 6 heteroatoms. The molecule has 0 unspecified atom stereocenters. The Morgan fingerprint density at radius 3 is 2.42 bits per heavy atom. The highest BCUT2D eigenvalue weighted by Crippen LogP contribution is 2.26. The Hall–Kier alpha value is -2.34. The quantitative estimate of drug-likeness (QED) is 0.840. The van der Waals surface area contributed by atoms with Crippen molar-refractivity contribution in [3.05, 3.63) is 65.2 Å². The number of anilines is 1. The van der Waals surface area contributed by atoms with Crippen LogP contribution in [0.15, 0.2) is 48.5 Å². The van der Waals surface area contributed by atoms with Gasteiger partial charge in [0.2, 0.25) is 10.0 Å². The highest BCUT2D eigenvalue weighted by atomic mass is 32.2. The lowest BCUT2D eigenvalue weighted by molar-refractivity contribution is -0.142. The largest absolute Gasteiger partial charge is 0.481 e. The molecule has 0 saturated heterocycles. The number of sulfonamides is 1. The molecule has 0 aliphatic heterocycles. The maximum absolute atomic E-state index is 12.3. The fourth-order valence-electron chi connectivity index (χ4n) is 2.33. The molecule has 5 nitrogen and oxygen atoms in total. The standard InChI is InChI=1S/C18H21NO4S/c1-13-6-4-7-14(10-13)12-24(22,23)19-16-9-5-8-15(11-16)18(2,3)17(20)21/h4-11,19H,12H2,1-3H3,(H,20,21). The molecule has 2 rings (SSSR count). The average molecular weight is 347 g/mol. The van der Waals surface area contributed by atoms with E-state index in [0.717, 1.165) is 5.56 Å². The van der Waals surface area contributed by atoms with E-state index in [0.29, 0.717) is 16.8 Å². The fraction of sp³-hybridized carbons (Fsp3) is 0.278. The summed E-state index contributed by atoms with van der Waals surface area (Å²) in [6.07, 6.45) is 0. The van der Waals surface area contributed by atoms with Crippen molar-refractivity contribution >= 4 is 21.7 Å². The number of carbonyl (C=O) groups is 1. The SMILES string of the molecule is Cc1cccc(CS(=O)(=O)Nc2cccc(C(C)(C)C(=O)O)c2)c1. The first-order chi connectivity index (χ1) is 11.1.